The van der Waals surface area contributed by atoms with Crippen molar-refractivity contribution in [1.82, 2.24) is 25.2 Å². The van der Waals surface area contributed by atoms with Crippen LogP contribution in [0, 0.1) is 12.7 Å². The number of H-pyrrole nitrogens is 1. The van der Waals surface area contributed by atoms with Crippen LogP contribution in [0.5, 0.6) is 0 Å². The Morgan fingerprint density at radius 3 is 2.82 bits per heavy atom. The zero-order valence-corrected chi connectivity index (χ0v) is 15.8. The van der Waals surface area contributed by atoms with Crippen LogP contribution in [0.15, 0.2) is 47.3 Å². The zero-order valence-electron chi connectivity index (χ0n) is 15.1. The van der Waals surface area contributed by atoms with Gasteiger partial charge in [0.25, 0.3) is 5.56 Å². The average Bonchev–Trinajstić information content (AvgIpc) is 3.11. The van der Waals surface area contributed by atoms with Gasteiger partial charge in [-0.15, -0.1) is 5.10 Å². The predicted molar refractivity (Wildman–Crippen MR) is 105 cm³/mol. The molecular weight excluding hydrogens is 383 g/mol. The van der Waals surface area contributed by atoms with Crippen LogP contribution in [0.4, 0.5) is 10.1 Å². The maximum absolute atomic E-state index is 13.6. The molecule has 0 aliphatic carbocycles. The van der Waals surface area contributed by atoms with Crippen molar-refractivity contribution in [1.29, 1.82) is 0 Å². The Kier molecular flexibility index (Phi) is 4.56. The Morgan fingerprint density at radius 2 is 2.07 bits per heavy atom. The summed E-state index contributed by atoms with van der Waals surface area (Å²) in [5.74, 6) is 0.0960. The summed E-state index contributed by atoms with van der Waals surface area (Å²) in [5.41, 5.74) is 2.08. The third kappa shape index (κ3) is 3.22. The second-order valence-corrected chi connectivity index (χ2v) is 6.81. The molecule has 0 unspecified atom stereocenters. The molecule has 0 aliphatic rings. The number of hydrogen-bond donors (Lipinski definition) is 2. The lowest BCUT2D eigenvalue weighted by atomic mass is 10.1. The standard InChI is InChI=1S/C19H16ClFN6O/c1-10(15-8-12-6-7-16(21)17(20)18(12)23-19(15)28)22-13-4-3-5-14(9-13)27-11(2)24-25-26-27/h3-10,22H,1-2H3,(H,23,28)/t10-/m0/s1. The molecule has 4 rings (SSSR count). The normalized spacial score (nSPS) is 12.3. The predicted octanol–water partition coefficient (Wildman–Crippen LogP) is 3.78. The molecule has 0 spiro atoms. The molecule has 0 radical (unpaired) electrons. The number of aromatic nitrogens is 5. The highest BCUT2D eigenvalue weighted by molar-refractivity contribution is 6.35. The molecule has 0 saturated carbocycles. The van der Waals surface area contributed by atoms with E-state index in [1.54, 1.807) is 16.8 Å². The average molecular weight is 399 g/mol. The van der Waals surface area contributed by atoms with Crippen molar-refractivity contribution < 1.29 is 4.39 Å². The van der Waals surface area contributed by atoms with E-state index >= 15 is 0 Å². The summed E-state index contributed by atoms with van der Waals surface area (Å²) in [4.78, 5) is 15.2. The molecule has 0 aliphatic heterocycles. The number of anilines is 1. The van der Waals surface area contributed by atoms with Gasteiger partial charge in [-0.2, -0.15) is 4.68 Å². The lowest BCUT2D eigenvalue weighted by molar-refractivity contribution is 0.629. The van der Waals surface area contributed by atoms with E-state index in [1.165, 1.54) is 6.07 Å². The van der Waals surface area contributed by atoms with Crippen molar-refractivity contribution in [3.8, 4) is 5.69 Å². The molecule has 7 nitrogen and oxygen atoms in total. The molecule has 1 atom stereocenters. The molecule has 0 amide bonds. The molecule has 2 heterocycles. The summed E-state index contributed by atoms with van der Waals surface area (Å²) >= 11 is 5.96. The Bertz CT molecular complexity index is 1230. The largest absolute Gasteiger partial charge is 0.378 e. The van der Waals surface area contributed by atoms with E-state index in [0.29, 0.717) is 22.3 Å². The number of halogens is 2. The van der Waals surface area contributed by atoms with Gasteiger partial charge < -0.3 is 10.3 Å². The second-order valence-electron chi connectivity index (χ2n) is 6.43. The number of rotatable bonds is 4. The first-order valence-corrected chi connectivity index (χ1v) is 8.94. The number of aromatic amines is 1. The molecule has 4 aromatic rings. The molecule has 0 fully saturated rings. The van der Waals surface area contributed by atoms with Gasteiger partial charge in [0, 0.05) is 16.6 Å². The molecule has 142 valence electrons. The number of nitrogens with one attached hydrogen (secondary N) is 2. The maximum Gasteiger partial charge on any atom is 0.253 e. The first-order chi connectivity index (χ1) is 13.4. The van der Waals surface area contributed by atoms with E-state index < -0.39 is 5.82 Å². The molecular formula is C19H16ClFN6O. The molecule has 2 aromatic heterocycles. The zero-order chi connectivity index (χ0) is 19.8. The summed E-state index contributed by atoms with van der Waals surface area (Å²) in [6, 6.07) is 11.8. The topological polar surface area (TPSA) is 88.5 Å². The van der Waals surface area contributed by atoms with Gasteiger partial charge in [0.1, 0.15) is 10.8 Å². The van der Waals surface area contributed by atoms with Crippen molar-refractivity contribution >= 4 is 28.2 Å². The molecule has 2 aromatic carbocycles. The van der Waals surface area contributed by atoms with Gasteiger partial charge in [-0.1, -0.05) is 17.7 Å². The molecule has 28 heavy (non-hydrogen) atoms. The van der Waals surface area contributed by atoms with Gasteiger partial charge >= 0.3 is 0 Å². The van der Waals surface area contributed by atoms with E-state index in [4.69, 9.17) is 11.6 Å². The quantitative estimate of drug-likeness (QED) is 0.546. The molecule has 0 saturated heterocycles. The highest BCUT2D eigenvalue weighted by atomic mass is 35.5. The number of pyridine rings is 1. The van der Waals surface area contributed by atoms with Crippen LogP contribution < -0.4 is 10.9 Å². The Balaban J connectivity index is 1.67. The van der Waals surface area contributed by atoms with Crippen LogP contribution in [0.1, 0.15) is 24.4 Å². The second kappa shape index (κ2) is 7.05. The molecule has 2 N–H and O–H groups in total. The smallest absolute Gasteiger partial charge is 0.253 e. The Hall–Kier alpha value is -3.26. The van der Waals surface area contributed by atoms with Gasteiger partial charge in [0.05, 0.1) is 17.2 Å². The minimum atomic E-state index is -0.571. The summed E-state index contributed by atoms with van der Waals surface area (Å²) in [7, 11) is 0. The van der Waals surface area contributed by atoms with Gasteiger partial charge in [-0.25, -0.2) is 4.39 Å². The van der Waals surface area contributed by atoms with Crippen molar-refractivity contribution in [2.75, 3.05) is 5.32 Å². The first-order valence-electron chi connectivity index (χ1n) is 8.57. The maximum atomic E-state index is 13.6. The van der Waals surface area contributed by atoms with Gasteiger partial charge in [0.2, 0.25) is 0 Å². The number of tetrazole rings is 1. The summed E-state index contributed by atoms with van der Waals surface area (Å²) in [6.45, 7) is 3.68. The number of nitrogens with zero attached hydrogens (tertiary/aromatic N) is 4. The van der Waals surface area contributed by atoms with Crippen LogP contribution >= 0.6 is 11.6 Å². The number of aryl methyl sites for hydroxylation is 1. The minimum absolute atomic E-state index is 0.0914. The van der Waals surface area contributed by atoms with Crippen molar-refractivity contribution in [3.05, 3.63) is 75.0 Å². The lowest BCUT2D eigenvalue weighted by Gasteiger charge is -2.16. The molecule has 9 heteroatoms. The van der Waals surface area contributed by atoms with Crippen LogP contribution in [0.25, 0.3) is 16.6 Å². The SMILES string of the molecule is Cc1nnnn1-c1cccc(N[C@@H](C)c2cc3ccc(F)c(Cl)c3[nH]c2=O)c1. The highest BCUT2D eigenvalue weighted by Gasteiger charge is 2.14. The summed E-state index contributed by atoms with van der Waals surface area (Å²) in [5, 5.41) is 15.4. The molecule has 0 bridgehead atoms. The Labute approximate surface area is 164 Å². The van der Waals surface area contributed by atoms with Crippen LogP contribution in [-0.2, 0) is 0 Å². The third-order valence-electron chi connectivity index (χ3n) is 4.50. The van der Waals surface area contributed by atoms with Crippen LogP contribution in [0.2, 0.25) is 5.02 Å². The van der Waals surface area contributed by atoms with Crippen molar-refractivity contribution in [2.45, 2.75) is 19.9 Å². The van der Waals surface area contributed by atoms with E-state index in [9.17, 15) is 9.18 Å². The van der Waals surface area contributed by atoms with E-state index in [0.717, 1.165) is 11.4 Å². The van der Waals surface area contributed by atoms with E-state index in [1.807, 2.05) is 38.1 Å². The minimum Gasteiger partial charge on any atom is -0.378 e. The highest BCUT2D eigenvalue weighted by Crippen LogP contribution is 2.26. The monoisotopic (exact) mass is 398 g/mol. The fourth-order valence-corrected chi connectivity index (χ4v) is 3.30. The number of fused-ring (bicyclic) bond motifs is 1. The lowest BCUT2D eigenvalue weighted by Crippen LogP contribution is -2.19. The Morgan fingerprint density at radius 1 is 1.25 bits per heavy atom. The van der Waals surface area contributed by atoms with Crippen LogP contribution in [0.3, 0.4) is 0 Å². The third-order valence-corrected chi connectivity index (χ3v) is 4.87. The fraction of sp³-hybridized carbons (Fsp3) is 0.158. The van der Waals surface area contributed by atoms with Crippen LogP contribution in [-0.4, -0.2) is 25.2 Å². The van der Waals surface area contributed by atoms with E-state index in [-0.39, 0.29) is 16.6 Å². The summed E-state index contributed by atoms with van der Waals surface area (Å²) in [6.07, 6.45) is 0. The van der Waals surface area contributed by atoms with Gasteiger partial charge in [0.15, 0.2) is 5.82 Å². The van der Waals surface area contributed by atoms with Gasteiger partial charge in [-0.3, -0.25) is 4.79 Å². The number of hydrogen-bond acceptors (Lipinski definition) is 5. The first kappa shape index (κ1) is 18.1. The van der Waals surface area contributed by atoms with Crippen molar-refractivity contribution in [3.63, 3.8) is 0 Å². The fourth-order valence-electron chi connectivity index (χ4n) is 3.08. The summed E-state index contributed by atoms with van der Waals surface area (Å²) < 4.78 is 15.2. The van der Waals surface area contributed by atoms with Gasteiger partial charge in [-0.05, 0) is 60.7 Å². The van der Waals surface area contributed by atoms with E-state index in [2.05, 4.69) is 25.8 Å². The van der Waals surface area contributed by atoms with Crippen molar-refractivity contribution in [2.24, 2.45) is 0 Å². The number of benzene rings is 2.